The van der Waals surface area contributed by atoms with E-state index in [0.717, 1.165) is 109 Å². The zero-order valence-corrected chi connectivity index (χ0v) is 46.8. The maximum atomic E-state index is 13.3. The van der Waals surface area contributed by atoms with Gasteiger partial charge in [0, 0.05) is 6.42 Å². The second-order valence-electron chi connectivity index (χ2n) is 20.4. The number of hydrogen-bond donors (Lipinski definition) is 3. The van der Waals surface area contributed by atoms with Crippen molar-refractivity contribution in [2.75, 3.05) is 6.61 Å². The van der Waals surface area contributed by atoms with E-state index < -0.39 is 18.2 Å². The van der Waals surface area contributed by atoms with Gasteiger partial charge in [-0.2, -0.15) is 0 Å². The van der Waals surface area contributed by atoms with Crippen LogP contribution in [0.1, 0.15) is 290 Å². The molecular weight excluding hydrogens is 875 g/mol. The molecule has 0 aliphatic heterocycles. The third-order valence-corrected chi connectivity index (χ3v) is 13.5. The van der Waals surface area contributed by atoms with E-state index >= 15 is 0 Å². The van der Waals surface area contributed by atoms with Crippen LogP contribution in [-0.2, 0) is 14.3 Å². The lowest BCUT2D eigenvalue weighted by Crippen LogP contribution is -2.46. The first-order valence-electron chi connectivity index (χ1n) is 30.3. The van der Waals surface area contributed by atoms with Crippen molar-refractivity contribution in [3.63, 3.8) is 0 Å². The van der Waals surface area contributed by atoms with Gasteiger partial charge < -0.3 is 20.3 Å². The molecule has 6 heteroatoms. The number of aliphatic hydroxyl groups is 2. The van der Waals surface area contributed by atoms with E-state index in [9.17, 15) is 19.8 Å². The number of ether oxygens (including phenoxy) is 1. The van der Waals surface area contributed by atoms with Crippen molar-refractivity contribution in [3.05, 3.63) is 85.1 Å². The fourth-order valence-electron chi connectivity index (χ4n) is 8.90. The predicted molar refractivity (Wildman–Crippen MR) is 310 cm³/mol. The molecular formula is C65H115NO5. The minimum absolute atomic E-state index is 0.0558. The Kier molecular flexibility index (Phi) is 55.5. The average Bonchev–Trinajstić information content (AvgIpc) is 3.36. The van der Waals surface area contributed by atoms with Gasteiger partial charge in [-0.15, -0.1) is 0 Å². The lowest BCUT2D eigenvalue weighted by Gasteiger charge is -2.24. The largest absolute Gasteiger partial charge is 0.462 e. The summed E-state index contributed by atoms with van der Waals surface area (Å²) in [5.41, 5.74) is 0. The average molecular weight is 991 g/mol. The highest BCUT2D eigenvalue weighted by Crippen LogP contribution is 2.18. The number of allylic oxidation sites excluding steroid dienone is 14. The summed E-state index contributed by atoms with van der Waals surface area (Å²) in [5.74, 6) is -0.515. The Morgan fingerprint density at radius 3 is 1.18 bits per heavy atom. The van der Waals surface area contributed by atoms with Crippen LogP contribution < -0.4 is 5.32 Å². The summed E-state index contributed by atoms with van der Waals surface area (Å²) in [5, 5.41) is 23.9. The first kappa shape index (κ1) is 68.0. The second-order valence-corrected chi connectivity index (χ2v) is 20.4. The van der Waals surface area contributed by atoms with Gasteiger partial charge in [-0.25, -0.2) is 0 Å². The summed E-state index contributed by atoms with van der Waals surface area (Å²) in [4.78, 5) is 26.3. The molecule has 71 heavy (non-hydrogen) atoms. The monoisotopic (exact) mass is 990 g/mol. The third-order valence-electron chi connectivity index (χ3n) is 13.5. The molecule has 0 aliphatic rings. The molecule has 1 amide bonds. The normalized spacial score (nSPS) is 13.7. The summed E-state index contributed by atoms with van der Waals surface area (Å²) in [7, 11) is 0. The molecule has 0 saturated carbocycles. The number of amides is 1. The topological polar surface area (TPSA) is 95.9 Å². The first-order valence-corrected chi connectivity index (χ1v) is 30.3. The van der Waals surface area contributed by atoms with E-state index in [-0.39, 0.29) is 24.9 Å². The number of carbonyl (C=O) groups excluding carboxylic acids is 2. The maximum Gasteiger partial charge on any atom is 0.306 e. The van der Waals surface area contributed by atoms with Crippen LogP contribution in [-0.4, -0.2) is 46.9 Å². The summed E-state index contributed by atoms with van der Waals surface area (Å²) in [6.45, 7) is 6.36. The van der Waals surface area contributed by atoms with Crippen LogP contribution in [0.25, 0.3) is 0 Å². The molecule has 0 fully saturated rings. The van der Waals surface area contributed by atoms with E-state index in [1.54, 1.807) is 0 Å². The molecule has 0 bridgehead atoms. The van der Waals surface area contributed by atoms with Gasteiger partial charge in [-0.05, 0) is 103 Å². The first-order chi connectivity index (χ1) is 35.0. The van der Waals surface area contributed by atoms with Crippen LogP contribution in [0.4, 0.5) is 0 Å². The second kappa shape index (κ2) is 57.9. The van der Waals surface area contributed by atoms with E-state index in [2.05, 4.69) is 111 Å². The standard InChI is InChI=1S/C65H115NO5/c1-4-7-10-13-16-19-22-25-28-31-32-34-37-40-43-46-49-52-55-58-65(70)71-61(56-53-50-47-44-41-38-35-33-29-26-23-20-17-14-11-8-5-2)59-64(69)66-62(60-67)63(68)57-54-51-48-45-42-39-36-30-27-24-21-18-15-12-9-6-3/h7,10,16-17,19-20,25-26,28-29,32,34,40,43,61-63,67-68H,4-6,8-9,11-15,18,21-24,27,30-31,33,35-39,41-42,44-60H2,1-3H3,(H,66,69)/b10-7-,19-16-,20-17-,28-25-,29-26-,34-32-,43-40-. The number of unbranched alkanes of at least 4 members (excludes halogenated alkanes) is 28. The lowest BCUT2D eigenvalue weighted by molar-refractivity contribution is -0.151. The van der Waals surface area contributed by atoms with Crippen LogP contribution in [0.15, 0.2) is 85.1 Å². The van der Waals surface area contributed by atoms with E-state index in [0.29, 0.717) is 19.3 Å². The Hall–Kier alpha value is -2.96. The van der Waals surface area contributed by atoms with E-state index in [4.69, 9.17) is 4.74 Å². The van der Waals surface area contributed by atoms with E-state index in [1.165, 1.54) is 135 Å². The molecule has 0 aromatic heterocycles. The minimum Gasteiger partial charge on any atom is -0.462 e. The van der Waals surface area contributed by atoms with Crippen LogP contribution >= 0.6 is 0 Å². The van der Waals surface area contributed by atoms with Gasteiger partial charge in [0.15, 0.2) is 0 Å². The number of rotatable bonds is 54. The molecule has 0 aromatic rings. The molecule has 410 valence electrons. The van der Waals surface area contributed by atoms with Crippen LogP contribution in [0, 0.1) is 0 Å². The molecule has 3 unspecified atom stereocenters. The van der Waals surface area contributed by atoms with Gasteiger partial charge in [0.05, 0.1) is 25.2 Å². The van der Waals surface area contributed by atoms with Gasteiger partial charge in [0.2, 0.25) is 5.91 Å². The Bertz CT molecular complexity index is 1340. The quantitative estimate of drug-likeness (QED) is 0.0321. The number of nitrogens with one attached hydrogen (secondary N) is 1. The summed E-state index contributed by atoms with van der Waals surface area (Å²) in [6.07, 6.45) is 76.5. The molecule has 3 N–H and O–H groups in total. The highest BCUT2D eigenvalue weighted by atomic mass is 16.5. The highest BCUT2D eigenvalue weighted by molar-refractivity contribution is 5.77. The lowest BCUT2D eigenvalue weighted by atomic mass is 10.0. The summed E-state index contributed by atoms with van der Waals surface area (Å²) < 4.78 is 5.96. The summed E-state index contributed by atoms with van der Waals surface area (Å²) >= 11 is 0. The van der Waals surface area contributed by atoms with Crippen molar-refractivity contribution >= 4 is 11.9 Å². The molecule has 0 aromatic carbocycles. The number of hydrogen-bond acceptors (Lipinski definition) is 5. The predicted octanol–water partition coefficient (Wildman–Crippen LogP) is 19.1. The van der Waals surface area contributed by atoms with Crippen molar-refractivity contribution in [3.8, 4) is 0 Å². The van der Waals surface area contributed by atoms with Gasteiger partial charge in [0.25, 0.3) is 0 Å². The highest BCUT2D eigenvalue weighted by Gasteiger charge is 2.24. The van der Waals surface area contributed by atoms with Gasteiger partial charge in [0.1, 0.15) is 6.10 Å². The van der Waals surface area contributed by atoms with Crippen LogP contribution in [0.5, 0.6) is 0 Å². The zero-order chi connectivity index (χ0) is 51.6. The minimum atomic E-state index is -0.801. The molecule has 0 radical (unpaired) electrons. The molecule has 0 aliphatic carbocycles. The Morgan fingerprint density at radius 2 is 0.761 bits per heavy atom. The van der Waals surface area contributed by atoms with Crippen molar-refractivity contribution in [2.45, 2.75) is 309 Å². The van der Waals surface area contributed by atoms with Gasteiger partial charge >= 0.3 is 5.97 Å². The van der Waals surface area contributed by atoms with Gasteiger partial charge in [-0.3, -0.25) is 9.59 Å². The van der Waals surface area contributed by atoms with Crippen molar-refractivity contribution in [2.24, 2.45) is 0 Å². The van der Waals surface area contributed by atoms with Crippen molar-refractivity contribution < 1.29 is 24.5 Å². The number of esters is 1. The Morgan fingerprint density at radius 1 is 0.423 bits per heavy atom. The smallest absolute Gasteiger partial charge is 0.306 e. The van der Waals surface area contributed by atoms with Gasteiger partial charge in [-0.1, -0.05) is 260 Å². The van der Waals surface area contributed by atoms with Crippen molar-refractivity contribution in [1.82, 2.24) is 5.32 Å². The molecule has 0 heterocycles. The maximum absolute atomic E-state index is 13.3. The molecule has 3 atom stereocenters. The zero-order valence-electron chi connectivity index (χ0n) is 46.8. The van der Waals surface area contributed by atoms with Crippen LogP contribution in [0.3, 0.4) is 0 Å². The fraction of sp³-hybridized carbons (Fsp3) is 0.754. The third kappa shape index (κ3) is 53.2. The number of aliphatic hydroxyl groups excluding tert-OH is 2. The molecule has 0 saturated heterocycles. The SMILES string of the molecule is CC/C=C\C/C=C\C/C=C\C/C=C\C/C=C\CCCCCC(=O)OC(CCCCCCCCC/C=C\C/C=C\CCCCC)CC(=O)NC(CO)C(O)CCCCCCCCCCCCCCCCCC. The summed E-state index contributed by atoms with van der Waals surface area (Å²) in [6, 6.07) is -0.717. The molecule has 6 nitrogen and oxygen atoms in total. The Labute approximate surface area is 440 Å². The number of carbonyl (C=O) groups is 2. The van der Waals surface area contributed by atoms with E-state index in [1.807, 2.05) is 0 Å². The van der Waals surface area contributed by atoms with Crippen LogP contribution in [0.2, 0.25) is 0 Å². The molecule has 0 spiro atoms. The Balaban J connectivity index is 4.64. The van der Waals surface area contributed by atoms with Crippen molar-refractivity contribution in [1.29, 1.82) is 0 Å². The molecule has 0 rings (SSSR count). The fourth-order valence-corrected chi connectivity index (χ4v) is 8.90.